The normalized spacial score (nSPS) is 11.5. The van der Waals surface area contributed by atoms with E-state index >= 15 is 0 Å². The van der Waals surface area contributed by atoms with E-state index in [1.54, 1.807) is 14.2 Å². The molecule has 1 aromatic rings. The summed E-state index contributed by atoms with van der Waals surface area (Å²) >= 11 is 0. The van der Waals surface area contributed by atoms with Crippen LogP contribution in [-0.4, -0.2) is 52.0 Å². The predicted molar refractivity (Wildman–Crippen MR) is 114 cm³/mol. The van der Waals surface area contributed by atoms with Gasteiger partial charge >= 0.3 is 0 Å². The molecule has 0 bridgehead atoms. The van der Waals surface area contributed by atoms with Crippen molar-refractivity contribution in [3.8, 4) is 11.5 Å². The molecule has 0 unspecified atom stereocenters. The van der Waals surface area contributed by atoms with Crippen molar-refractivity contribution in [3.05, 3.63) is 24.3 Å². The summed E-state index contributed by atoms with van der Waals surface area (Å²) in [5, 5.41) is 6.53. The maximum atomic E-state index is 5.72. The maximum absolute atomic E-state index is 5.72. The summed E-state index contributed by atoms with van der Waals surface area (Å²) < 4.78 is 16.3. The average Bonchev–Trinajstić information content (AvgIpc) is 2.59. The lowest BCUT2D eigenvalue weighted by Gasteiger charge is -2.21. The highest BCUT2D eigenvalue weighted by molar-refractivity contribution is 14.0. The summed E-state index contributed by atoms with van der Waals surface area (Å²) in [7, 11) is 3.35. The van der Waals surface area contributed by atoms with Crippen molar-refractivity contribution in [1.82, 2.24) is 10.6 Å². The van der Waals surface area contributed by atoms with Crippen molar-refractivity contribution in [2.75, 3.05) is 40.5 Å². The van der Waals surface area contributed by atoms with Crippen LogP contribution in [0.25, 0.3) is 0 Å². The minimum Gasteiger partial charge on any atom is -0.497 e. The van der Waals surface area contributed by atoms with E-state index in [1.807, 2.05) is 45.0 Å². The first kappa shape index (κ1) is 23.8. The molecule has 0 aliphatic rings. The van der Waals surface area contributed by atoms with E-state index < -0.39 is 0 Å². The number of ether oxygens (including phenoxy) is 3. The van der Waals surface area contributed by atoms with Crippen LogP contribution in [0, 0.1) is 0 Å². The molecule has 0 saturated heterocycles. The van der Waals surface area contributed by atoms with E-state index in [2.05, 4.69) is 15.6 Å². The van der Waals surface area contributed by atoms with Crippen LogP contribution >= 0.6 is 24.0 Å². The van der Waals surface area contributed by atoms with Gasteiger partial charge in [0.05, 0.1) is 25.9 Å². The number of aliphatic imine (C=N–C) groups is 1. The fraction of sp³-hybridized carbons (Fsp3) is 0.611. The van der Waals surface area contributed by atoms with Gasteiger partial charge in [0.1, 0.15) is 11.5 Å². The molecule has 0 atom stereocenters. The molecule has 0 aromatic heterocycles. The number of hydrogen-bond acceptors (Lipinski definition) is 4. The Bertz CT molecular complexity index is 510. The molecule has 7 heteroatoms. The fourth-order valence-electron chi connectivity index (χ4n) is 1.84. The van der Waals surface area contributed by atoms with E-state index in [9.17, 15) is 0 Å². The third-order valence-corrected chi connectivity index (χ3v) is 3.44. The Labute approximate surface area is 168 Å². The lowest BCUT2D eigenvalue weighted by molar-refractivity contribution is 0.0310. The minimum atomic E-state index is -0.266. The summed E-state index contributed by atoms with van der Waals surface area (Å²) in [5.74, 6) is 2.41. The van der Waals surface area contributed by atoms with Gasteiger partial charge in [-0.2, -0.15) is 0 Å². The highest BCUT2D eigenvalue weighted by Crippen LogP contribution is 2.18. The van der Waals surface area contributed by atoms with Crippen molar-refractivity contribution in [2.45, 2.75) is 32.8 Å². The molecule has 144 valence electrons. The number of methoxy groups -OCH3 is 2. The highest BCUT2D eigenvalue weighted by Gasteiger charge is 2.15. The Hall–Kier alpha value is -1.22. The van der Waals surface area contributed by atoms with E-state index in [1.165, 1.54) is 0 Å². The fourth-order valence-corrected chi connectivity index (χ4v) is 1.84. The number of guanidine groups is 1. The number of rotatable bonds is 10. The number of nitrogens with zero attached hydrogens (tertiary/aromatic N) is 1. The van der Waals surface area contributed by atoms with Gasteiger partial charge in [-0.1, -0.05) is 6.07 Å². The summed E-state index contributed by atoms with van der Waals surface area (Å²) in [5.41, 5.74) is -0.266. The molecule has 0 fully saturated rings. The molecular formula is C18H32IN3O3. The first-order valence-electron chi connectivity index (χ1n) is 8.35. The van der Waals surface area contributed by atoms with Crippen molar-refractivity contribution in [1.29, 1.82) is 0 Å². The molecular weight excluding hydrogens is 433 g/mol. The van der Waals surface area contributed by atoms with Gasteiger partial charge in [-0.25, -0.2) is 0 Å². The molecule has 0 spiro atoms. The monoisotopic (exact) mass is 465 g/mol. The molecule has 0 saturated carbocycles. The highest BCUT2D eigenvalue weighted by atomic mass is 127. The third kappa shape index (κ3) is 10.4. The standard InChI is InChI=1S/C18H31N3O3.HI/c1-6-19-17(21-14-18(2,3)23-5)20-11-8-12-24-16-10-7-9-15(13-16)22-4;/h7,9-10,13H,6,8,11-12,14H2,1-5H3,(H2,19,20,21);1H. The van der Waals surface area contributed by atoms with Gasteiger partial charge in [-0.05, 0) is 39.3 Å². The smallest absolute Gasteiger partial charge is 0.191 e. The molecule has 2 N–H and O–H groups in total. The molecule has 0 aliphatic heterocycles. The second-order valence-corrected chi connectivity index (χ2v) is 5.97. The molecule has 0 aliphatic carbocycles. The van der Waals surface area contributed by atoms with Crippen LogP contribution in [0.2, 0.25) is 0 Å². The SMILES string of the molecule is CCNC(=NCC(C)(C)OC)NCCCOc1cccc(OC)c1.I. The van der Waals surface area contributed by atoms with Crippen LogP contribution in [0.15, 0.2) is 29.3 Å². The summed E-state index contributed by atoms with van der Waals surface area (Å²) in [6.45, 7) is 8.90. The molecule has 0 radical (unpaired) electrons. The molecule has 6 nitrogen and oxygen atoms in total. The van der Waals surface area contributed by atoms with Crippen LogP contribution < -0.4 is 20.1 Å². The summed E-state index contributed by atoms with van der Waals surface area (Å²) in [6, 6.07) is 7.62. The van der Waals surface area contributed by atoms with Crippen molar-refractivity contribution < 1.29 is 14.2 Å². The maximum Gasteiger partial charge on any atom is 0.191 e. The molecule has 0 heterocycles. The predicted octanol–water partition coefficient (Wildman–Crippen LogP) is 3.06. The zero-order valence-corrected chi connectivity index (χ0v) is 18.3. The van der Waals surface area contributed by atoms with E-state index in [0.29, 0.717) is 13.2 Å². The van der Waals surface area contributed by atoms with Gasteiger partial charge in [0.25, 0.3) is 0 Å². The first-order chi connectivity index (χ1) is 11.5. The third-order valence-electron chi connectivity index (χ3n) is 3.44. The Balaban J connectivity index is 0.00000576. The Morgan fingerprint density at radius 2 is 1.88 bits per heavy atom. The Morgan fingerprint density at radius 1 is 1.16 bits per heavy atom. The lowest BCUT2D eigenvalue weighted by Crippen LogP contribution is -2.39. The topological polar surface area (TPSA) is 64.1 Å². The largest absolute Gasteiger partial charge is 0.497 e. The van der Waals surface area contributed by atoms with Crippen LogP contribution in [0.3, 0.4) is 0 Å². The van der Waals surface area contributed by atoms with Gasteiger partial charge in [0, 0.05) is 26.3 Å². The van der Waals surface area contributed by atoms with Gasteiger partial charge in [0.15, 0.2) is 5.96 Å². The zero-order valence-electron chi connectivity index (χ0n) is 15.9. The average molecular weight is 465 g/mol. The van der Waals surface area contributed by atoms with Crippen LogP contribution in [0.1, 0.15) is 27.2 Å². The number of benzene rings is 1. The second kappa shape index (κ2) is 13.0. The molecule has 0 amide bonds. The molecule has 1 aromatic carbocycles. The van der Waals surface area contributed by atoms with E-state index in [-0.39, 0.29) is 29.6 Å². The Kier molecular flexibility index (Phi) is 12.4. The van der Waals surface area contributed by atoms with Gasteiger partial charge in [0.2, 0.25) is 0 Å². The van der Waals surface area contributed by atoms with Crippen molar-refractivity contribution in [2.24, 2.45) is 4.99 Å². The van der Waals surface area contributed by atoms with Crippen molar-refractivity contribution in [3.63, 3.8) is 0 Å². The van der Waals surface area contributed by atoms with Crippen molar-refractivity contribution >= 4 is 29.9 Å². The second-order valence-electron chi connectivity index (χ2n) is 5.97. The summed E-state index contributed by atoms with van der Waals surface area (Å²) in [4.78, 5) is 4.55. The van der Waals surface area contributed by atoms with Gasteiger partial charge in [-0.3, -0.25) is 4.99 Å². The Morgan fingerprint density at radius 3 is 2.52 bits per heavy atom. The zero-order chi connectivity index (χ0) is 17.8. The number of halogens is 1. The van der Waals surface area contributed by atoms with E-state index in [0.717, 1.165) is 37.0 Å². The first-order valence-corrected chi connectivity index (χ1v) is 8.35. The summed E-state index contributed by atoms with van der Waals surface area (Å²) in [6.07, 6.45) is 0.870. The number of hydrogen-bond donors (Lipinski definition) is 2. The van der Waals surface area contributed by atoms with Crippen LogP contribution in [0.4, 0.5) is 0 Å². The number of nitrogens with one attached hydrogen (secondary N) is 2. The molecule has 1 rings (SSSR count). The molecule has 25 heavy (non-hydrogen) atoms. The van der Waals surface area contributed by atoms with Gasteiger partial charge < -0.3 is 24.8 Å². The lowest BCUT2D eigenvalue weighted by atomic mass is 10.1. The quantitative estimate of drug-likeness (QED) is 0.241. The van der Waals surface area contributed by atoms with Gasteiger partial charge in [-0.15, -0.1) is 24.0 Å². The van der Waals surface area contributed by atoms with Crippen LogP contribution in [-0.2, 0) is 4.74 Å². The van der Waals surface area contributed by atoms with E-state index in [4.69, 9.17) is 14.2 Å². The van der Waals surface area contributed by atoms with Crippen LogP contribution in [0.5, 0.6) is 11.5 Å². The minimum absolute atomic E-state index is 0.